The second-order valence-electron chi connectivity index (χ2n) is 4.71. The summed E-state index contributed by atoms with van der Waals surface area (Å²) in [6, 6.07) is 15.3. The lowest BCUT2D eigenvalue weighted by Crippen LogP contribution is -3.00. The molecule has 0 aliphatic heterocycles. The number of benzene rings is 2. The predicted molar refractivity (Wildman–Crippen MR) is 76.2 cm³/mol. The van der Waals surface area contributed by atoms with Crippen molar-refractivity contribution < 1.29 is 26.1 Å². The lowest BCUT2D eigenvalue weighted by molar-refractivity contribution is -0.687. The number of pyridine rings is 1. The average Bonchev–Trinajstić information content (AvgIpc) is 2.47. The topological polar surface area (TPSA) is 13.1 Å². The molecule has 0 atom stereocenters. The van der Waals surface area contributed by atoms with E-state index in [2.05, 4.69) is 24.4 Å². The van der Waals surface area contributed by atoms with Crippen molar-refractivity contribution in [1.29, 1.82) is 0 Å². The minimum atomic E-state index is -0.327. The van der Waals surface area contributed by atoms with E-state index in [1.807, 2.05) is 29.0 Å². The number of rotatable bonds is 3. The van der Waals surface area contributed by atoms with Crippen molar-refractivity contribution in [2.45, 2.75) is 6.54 Å². The molecule has 0 unspecified atom stereocenters. The summed E-state index contributed by atoms with van der Waals surface area (Å²) in [7, 11) is 1.47. The van der Waals surface area contributed by atoms with Crippen LogP contribution in [0.3, 0.4) is 0 Å². The molecule has 21 heavy (non-hydrogen) atoms. The Balaban J connectivity index is 0.00000161. The van der Waals surface area contributed by atoms with Gasteiger partial charge in [-0.3, -0.25) is 0 Å². The summed E-state index contributed by atoms with van der Waals surface area (Å²) in [5, 5.41) is 2.37. The molecule has 0 aliphatic rings. The summed E-state index contributed by atoms with van der Waals surface area (Å²) in [4.78, 5) is 0. The third-order valence-corrected chi connectivity index (χ3v) is 3.33. The van der Waals surface area contributed by atoms with Gasteiger partial charge in [0.2, 0.25) is 0 Å². The van der Waals surface area contributed by atoms with E-state index in [1.165, 1.54) is 23.9 Å². The Hall–Kier alpha value is -2.13. The fraction of sp³-hybridized carbons (Fsp3) is 0.118. The Kier molecular flexibility index (Phi) is 4.76. The van der Waals surface area contributed by atoms with E-state index < -0.39 is 0 Å². The molecule has 0 amide bonds. The monoisotopic (exact) mass is 303 g/mol. The molecule has 0 bridgehead atoms. The quantitative estimate of drug-likeness (QED) is 0.636. The summed E-state index contributed by atoms with van der Waals surface area (Å²) in [5.74, 6) is -0.0522. The Labute approximate surface area is 129 Å². The van der Waals surface area contributed by atoms with E-state index in [0.29, 0.717) is 6.54 Å². The molecule has 0 radical (unpaired) electrons. The first-order chi connectivity index (χ1) is 9.76. The fourth-order valence-corrected chi connectivity index (χ4v) is 2.30. The summed E-state index contributed by atoms with van der Waals surface area (Å²) in [5.41, 5.74) is 0.906. The molecule has 0 saturated carbocycles. The second kappa shape index (κ2) is 6.55. The maximum atomic E-state index is 13.7. The lowest BCUT2D eigenvalue weighted by Gasteiger charge is -2.03. The molecule has 1 aromatic heterocycles. The van der Waals surface area contributed by atoms with Gasteiger partial charge in [-0.15, -0.1) is 0 Å². The van der Waals surface area contributed by atoms with E-state index >= 15 is 0 Å². The van der Waals surface area contributed by atoms with Crippen LogP contribution in [0.25, 0.3) is 10.8 Å². The molecule has 3 rings (SSSR count). The van der Waals surface area contributed by atoms with Gasteiger partial charge in [0.05, 0.1) is 7.11 Å². The summed E-state index contributed by atoms with van der Waals surface area (Å²) >= 11 is 0. The molecule has 2 aromatic carbocycles. The smallest absolute Gasteiger partial charge is 0.176 e. The van der Waals surface area contributed by atoms with Crippen LogP contribution in [0.15, 0.2) is 60.9 Å². The van der Waals surface area contributed by atoms with Crippen LogP contribution in [0, 0.1) is 5.82 Å². The van der Waals surface area contributed by atoms with Crippen LogP contribution in [-0.4, -0.2) is 7.11 Å². The highest BCUT2D eigenvalue weighted by atomic mass is 35.5. The Bertz CT molecular complexity index is 761. The van der Waals surface area contributed by atoms with Gasteiger partial charge in [0, 0.05) is 17.0 Å². The SMILES string of the molecule is COc1ccc(C[n+]2ccc3ccccc3c2)cc1F.[Cl-]. The van der Waals surface area contributed by atoms with Gasteiger partial charge in [-0.2, -0.15) is 0 Å². The van der Waals surface area contributed by atoms with E-state index in [9.17, 15) is 4.39 Å². The van der Waals surface area contributed by atoms with Gasteiger partial charge in [0.1, 0.15) is 0 Å². The zero-order valence-electron chi connectivity index (χ0n) is 11.6. The van der Waals surface area contributed by atoms with E-state index in [1.54, 1.807) is 6.07 Å². The largest absolute Gasteiger partial charge is 1.00 e. The number of fused-ring (bicyclic) bond motifs is 1. The van der Waals surface area contributed by atoms with Crippen LogP contribution < -0.4 is 21.7 Å². The van der Waals surface area contributed by atoms with Crippen molar-refractivity contribution in [3.63, 3.8) is 0 Å². The number of halogens is 2. The van der Waals surface area contributed by atoms with Gasteiger partial charge in [0.25, 0.3) is 0 Å². The molecule has 108 valence electrons. The van der Waals surface area contributed by atoms with Gasteiger partial charge in [-0.25, -0.2) is 8.96 Å². The number of methoxy groups -OCH3 is 1. The van der Waals surface area contributed by atoms with Crippen LogP contribution in [0.1, 0.15) is 5.56 Å². The molecule has 0 fully saturated rings. The number of aromatic nitrogens is 1. The van der Waals surface area contributed by atoms with Crippen molar-refractivity contribution in [1.82, 2.24) is 0 Å². The minimum absolute atomic E-state index is 0. The zero-order chi connectivity index (χ0) is 13.9. The normalized spacial score (nSPS) is 10.2. The Morgan fingerprint density at radius 3 is 2.52 bits per heavy atom. The Morgan fingerprint density at radius 2 is 1.81 bits per heavy atom. The van der Waals surface area contributed by atoms with Gasteiger partial charge in [0.15, 0.2) is 30.5 Å². The average molecular weight is 304 g/mol. The number of ether oxygens (including phenoxy) is 1. The zero-order valence-corrected chi connectivity index (χ0v) is 12.3. The molecular formula is C17H15ClFNO. The summed E-state index contributed by atoms with van der Waals surface area (Å²) in [6.45, 7) is 0.631. The van der Waals surface area contributed by atoms with Crippen molar-refractivity contribution in [3.8, 4) is 5.75 Å². The summed E-state index contributed by atoms with van der Waals surface area (Å²) in [6.07, 6.45) is 4.07. The third kappa shape index (κ3) is 3.31. The molecule has 0 saturated heterocycles. The molecule has 0 N–H and O–H groups in total. The molecule has 3 aromatic rings. The first-order valence-corrected chi connectivity index (χ1v) is 6.46. The van der Waals surface area contributed by atoms with Crippen molar-refractivity contribution in [2.24, 2.45) is 0 Å². The highest BCUT2D eigenvalue weighted by molar-refractivity contribution is 5.80. The lowest BCUT2D eigenvalue weighted by atomic mass is 10.1. The fourth-order valence-electron chi connectivity index (χ4n) is 2.30. The van der Waals surface area contributed by atoms with Crippen molar-refractivity contribution in [3.05, 3.63) is 72.3 Å². The van der Waals surface area contributed by atoms with Crippen molar-refractivity contribution >= 4 is 10.8 Å². The molecule has 2 nitrogen and oxygen atoms in total. The third-order valence-electron chi connectivity index (χ3n) is 3.33. The van der Waals surface area contributed by atoms with E-state index in [0.717, 1.165) is 5.56 Å². The maximum absolute atomic E-state index is 13.7. The number of hydrogen-bond acceptors (Lipinski definition) is 1. The standard InChI is InChI=1S/C17H15FNO.ClH/c1-20-17-7-6-13(10-16(17)18)11-19-9-8-14-4-2-3-5-15(14)12-19;/h2-10,12H,11H2,1H3;1H/q+1;/p-1. The molecule has 1 heterocycles. The maximum Gasteiger partial charge on any atom is 0.176 e. The molecular weight excluding hydrogens is 289 g/mol. The first kappa shape index (κ1) is 15.3. The van der Waals surface area contributed by atoms with Crippen LogP contribution in [0.4, 0.5) is 4.39 Å². The Morgan fingerprint density at radius 1 is 1.05 bits per heavy atom. The first-order valence-electron chi connectivity index (χ1n) is 6.46. The van der Waals surface area contributed by atoms with Gasteiger partial charge < -0.3 is 17.1 Å². The minimum Gasteiger partial charge on any atom is -1.00 e. The molecule has 0 aliphatic carbocycles. The van der Waals surface area contributed by atoms with Crippen LogP contribution >= 0.6 is 0 Å². The van der Waals surface area contributed by atoms with E-state index in [4.69, 9.17) is 4.74 Å². The van der Waals surface area contributed by atoms with Crippen LogP contribution in [0.5, 0.6) is 5.75 Å². The summed E-state index contributed by atoms with van der Waals surface area (Å²) < 4.78 is 20.6. The van der Waals surface area contributed by atoms with Crippen LogP contribution in [0.2, 0.25) is 0 Å². The van der Waals surface area contributed by atoms with Crippen LogP contribution in [-0.2, 0) is 6.54 Å². The van der Waals surface area contributed by atoms with E-state index in [-0.39, 0.29) is 24.0 Å². The van der Waals surface area contributed by atoms with Gasteiger partial charge >= 0.3 is 0 Å². The molecule has 0 spiro atoms. The van der Waals surface area contributed by atoms with Crippen molar-refractivity contribution in [2.75, 3.05) is 7.11 Å². The van der Waals surface area contributed by atoms with Gasteiger partial charge in [-0.05, 0) is 29.7 Å². The number of nitrogens with zero attached hydrogens (tertiary/aromatic N) is 1. The van der Waals surface area contributed by atoms with Gasteiger partial charge in [-0.1, -0.05) is 18.2 Å². The molecule has 4 heteroatoms. The highest BCUT2D eigenvalue weighted by Crippen LogP contribution is 2.17. The second-order valence-corrected chi connectivity index (χ2v) is 4.71. The predicted octanol–water partition coefficient (Wildman–Crippen LogP) is 0.327. The number of hydrogen-bond donors (Lipinski definition) is 0. The highest BCUT2D eigenvalue weighted by Gasteiger charge is 2.08.